The SMILES string of the molecule is Cc1ccc(-n2c(SCC(=O)NC(=O)NCc3cccs3)nnc2N2CCCC2)cc1. The molecule has 0 atom stereocenters. The monoisotopic (exact) mass is 456 g/mol. The Morgan fingerprint density at radius 3 is 2.61 bits per heavy atom. The van der Waals surface area contributed by atoms with Crippen LogP contribution in [0.2, 0.25) is 0 Å². The van der Waals surface area contributed by atoms with Crippen molar-refractivity contribution < 1.29 is 9.59 Å². The Balaban J connectivity index is 1.41. The largest absolute Gasteiger partial charge is 0.341 e. The lowest BCUT2D eigenvalue weighted by Gasteiger charge is -2.18. The average molecular weight is 457 g/mol. The molecule has 10 heteroatoms. The number of carbonyl (C=O) groups excluding carboxylic acids is 2. The van der Waals surface area contributed by atoms with Gasteiger partial charge in [-0.2, -0.15) is 0 Å². The Labute approximate surface area is 189 Å². The molecular weight excluding hydrogens is 432 g/mol. The number of benzene rings is 1. The molecule has 1 fully saturated rings. The molecule has 4 rings (SSSR count). The lowest BCUT2D eigenvalue weighted by atomic mass is 10.2. The number of thiophene rings is 1. The smallest absolute Gasteiger partial charge is 0.321 e. The van der Waals surface area contributed by atoms with Crippen LogP contribution < -0.4 is 15.5 Å². The molecule has 0 unspecified atom stereocenters. The number of nitrogens with one attached hydrogen (secondary N) is 2. The second-order valence-electron chi connectivity index (χ2n) is 7.25. The Hall–Kier alpha value is -2.85. The van der Waals surface area contributed by atoms with Crippen LogP contribution in [0.1, 0.15) is 23.3 Å². The first-order valence-corrected chi connectivity index (χ1v) is 12.0. The molecule has 0 saturated carbocycles. The molecule has 0 radical (unpaired) electrons. The van der Waals surface area contributed by atoms with Crippen molar-refractivity contribution in [1.29, 1.82) is 0 Å². The van der Waals surface area contributed by atoms with Gasteiger partial charge in [-0.05, 0) is 43.3 Å². The van der Waals surface area contributed by atoms with Gasteiger partial charge in [0.2, 0.25) is 11.9 Å². The molecule has 2 aromatic heterocycles. The summed E-state index contributed by atoms with van der Waals surface area (Å²) >= 11 is 2.82. The van der Waals surface area contributed by atoms with Gasteiger partial charge >= 0.3 is 6.03 Å². The molecule has 3 heterocycles. The predicted molar refractivity (Wildman–Crippen MR) is 123 cm³/mol. The van der Waals surface area contributed by atoms with Gasteiger partial charge in [-0.1, -0.05) is 35.5 Å². The topological polar surface area (TPSA) is 92.2 Å². The Kier molecular flexibility index (Phi) is 6.88. The number of thioether (sulfide) groups is 1. The van der Waals surface area contributed by atoms with Crippen molar-refractivity contribution in [2.75, 3.05) is 23.7 Å². The predicted octanol–water partition coefficient (Wildman–Crippen LogP) is 3.36. The van der Waals surface area contributed by atoms with Crippen LogP contribution in [-0.2, 0) is 11.3 Å². The van der Waals surface area contributed by atoms with E-state index in [1.807, 2.05) is 53.3 Å². The molecule has 0 aliphatic carbocycles. The first kappa shape index (κ1) is 21.4. The molecule has 3 amide bonds. The maximum absolute atomic E-state index is 12.3. The molecule has 3 aromatic rings. The van der Waals surface area contributed by atoms with Gasteiger partial charge < -0.3 is 10.2 Å². The first-order valence-electron chi connectivity index (χ1n) is 10.1. The van der Waals surface area contributed by atoms with Crippen LogP contribution in [0.3, 0.4) is 0 Å². The number of amides is 3. The third-order valence-electron chi connectivity index (χ3n) is 4.89. The van der Waals surface area contributed by atoms with Crippen molar-refractivity contribution in [3.05, 3.63) is 52.2 Å². The average Bonchev–Trinajstić information content (AvgIpc) is 3.53. The summed E-state index contributed by atoms with van der Waals surface area (Å²) in [6, 6.07) is 11.5. The van der Waals surface area contributed by atoms with Crippen molar-refractivity contribution in [3.63, 3.8) is 0 Å². The van der Waals surface area contributed by atoms with E-state index >= 15 is 0 Å². The number of aromatic nitrogens is 3. The van der Waals surface area contributed by atoms with Crippen molar-refractivity contribution in [1.82, 2.24) is 25.4 Å². The molecule has 1 saturated heterocycles. The van der Waals surface area contributed by atoms with E-state index in [4.69, 9.17) is 0 Å². The van der Waals surface area contributed by atoms with Gasteiger partial charge in [-0.15, -0.1) is 21.5 Å². The van der Waals surface area contributed by atoms with Crippen LogP contribution >= 0.6 is 23.1 Å². The fourth-order valence-corrected chi connectivity index (χ4v) is 4.71. The van der Waals surface area contributed by atoms with E-state index in [2.05, 4.69) is 25.7 Å². The zero-order valence-corrected chi connectivity index (χ0v) is 18.8. The molecule has 0 spiro atoms. The summed E-state index contributed by atoms with van der Waals surface area (Å²) in [6.07, 6.45) is 2.26. The minimum absolute atomic E-state index is 0.0659. The van der Waals surface area contributed by atoms with Gasteiger partial charge in [0, 0.05) is 18.0 Å². The quantitative estimate of drug-likeness (QED) is 0.530. The minimum Gasteiger partial charge on any atom is -0.341 e. The highest BCUT2D eigenvalue weighted by molar-refractivity contribution is 7.99. The normalized spacial score (nSPS) is 13.4. The number of rotatable bonds is 7. The van der Waals surface area contributed by atoms with E-state index < -0.39 is 6.03 Å². The summed E-state index contributed by atoms with van der Waals surface area (Å²) in [7, 11) is 0. The van der Waals surface area contributed by atoms with Crippen LogP contribution in [0.25, 0.3) is 5.69 Å². The first-order chi connectivity index (χ1) is 15.1. The molecule has 1 aliphatic rings. The lowest BCUT2D eigenvalue weighted by Crippen LogP contribution is -2.39. The molecule has 1 aliphatic heterocycles. The van der Waals surface area contributed by atoms with Crippen LogP contribution in [0, 0.1) is 6.92 Å². The van der Waals surface area contributed by atoms with Crippen LogP contribution in [-0.4, -0.2) is 45.5 Å². The van der Waals surface area contributed by atoms with Gasteiger partial charge in [0.25, 0.3) is 0 Å². The highest BCUT2D eigenvalue weighted by Crippen LogP contribution is 2.28. The van der Waals surface area contributed by atoms with Crippen molar-refractivity contribution in [2.24, 2.45) is 0 Å². The molecule has 31 heavy (non-hydrogen) atoms. The summed E-state index contributed by atoms with van der Waals surface area (Å²) in [6.45, 7) is 4.32. The minimum atomic E-state index is -0.503. The Morgan fingerprint density at radius 1 is 1.13 bits per heavy atom. The number of hydrogen-bond acceptors (Lipinski definition) is 7. The molecule has 162 valence electrons. The fraction of sp³-hybridized carbons (Fsp3) is 0.333. The highest BCUT2D eigenvalue weighted by atomic mass is 32.2. The number of aryl methyl sites for hydroxylation is 1. The van der Waals surface area contributed by atoms with Crippen LogP contribution in [0.15, 0.2) is 46.9 Å². The van der Waals surface area contributed by atoms with Crippen molar-refractivity contribution >= 4 is 41.0 Å². The summed E-state index contributed by atoms with van der Waals surface area (Å²) < 4.78 is 1.99. The number of imide groups is 1. The number of hydrogen-bond donors (Lipinski definition) is 2. The Bertz CT molecular complexity index is 1030. The van der Waals surface area contributed by atoms with Gasteiger partial charge in [0.15, 0.2) is 5.16 Å². The van der Waals surface area contributed by atoms with Gasteiger partial charge in [-0.25, -0.2) is 4.79 Å². The second kappa shape index (κ2) is 9.97. The van der Waals surface area contributed by atoms with E-state index in [0.29, 0.717) is 11.7 Å². The number of urea groups is 1. The third-order valence-corrected chi connectivity index (χ3v) is 6.69. The van der Waals surface area contributed by atoms with E-state index in [0.717, 1.165) is 42.4 Å². The third kappa shape index (κ3) is 5.45. The number of nitrogens with zero attached hydrogens (tertiary/aromatic N) is 4. The molecule has 2 N–H and O–H groups in total. The molecular formula is C21H24N6O2S2. The molecule has 8 nitrogen and oxygen atoms in total. The molecule has 1 aromatic carbocycles. The summed E-state index contributed by atoms with van der Waals surface area (Å²) in [5.41, 5.74) is 2.12. The zero-order chi connectivity index (χ0) is 21.6. The van der Waals surface area contributed by atoms with Crippen LogP contribution in [0.4, 0.5) is 10.7 Å². The zero-order valence-electron chi connectivity index (χ0n) is 17.2. The maximum atomic E-state index is 12.3. The highest BCUT2D eigenvalue weighted by Gasteiger charge is 2.23. The van der Waals surface area contributed by atoms with Crippen molar-refractivity contribution in [2.45, 2.75) is 31.5 Å². The number of carbonyl (C=O) groups is 2. The lowest BCUT2D eigenvalue weighted by molar-refractivity contribution is -0.117. The van der Waals surface area contributed by atoms with E-state index in [-0.39, 0.29) is 11.7 Å². The van der Waals surface area contributed by atoms with Crippen molar-refractivity contribution in [3.8, 4) is 5.69 Å². The number of anilines is 1. The van der Waals surface area contributed by atoms with E-state index in [1.165, 1.54) is 17.3 Å². The van der Waals surface area contributed by atoms with E-state index in [1.54, 1.807) is 11.3 Å². The summed E-state index contributed by atoms with van der Waals surface area (Å²) in [5, 5.41) is 16.4. The molecule has 0 bridgehead atoms. The van der Waals surface area contributed by atoms with E-state index in [9.17, 15) is 9.59 Å². The Morgan fingerprint density at radius 2 is 1.90 bits per heavy atom. The summed E-state index contributed by atoms with van der Waals surface area (Å²) in [4.78, 5) is 27.5. The summed E-state index contributed by atoms with van der Waals surface area (Å²) in [5.74, 6) is 0.476. The van der Waals surface area contributed by atoms with Gasteiger partial charge in [-0.3, -0.25) is 14.7 Å². The standard InChI is InChI=1S/C21H24N6O2S2/c1-15-6-8-16(9-7-15)27-20(26-10-2-3-11-26)24-25-21(27)31-14-18(28)23-19(29)22-13-17-5-4-12-30-17/h4-9,12H,2-3,10-11,13-14H2,1H3,(H2,22,23,28,29). The van der Waals surface area contributed by atoms with Crippen LogP contribution in [0.5, 0.6) is 0 Å². The van der Waals surface area contributed by atoms with Gasteiger partial charge in [0.05, 0.1) is 18.0 Å². The second-order valence-corrected chi connectivity index (χ2v) is 9.22. The van der Waals surface area contributed by atoms with Gasteiger partial charge in [0.1, 0.15) is 0 Å². The maximum Gasteiger partial charge on any atom is 0.321 e. The fourth-order valence-electron chi connectivity index (χ4n) is 3.32.